The van der Waals surface area contributed by atoms with Crippen LogP contribution in [0.4, 0.5) is 22.0 Å². The van der Waals surface area contributed by atoms with Crippen LogP contribution >= 0.6 is 0 Å². The molecule has 0 heterocycles. The monoisotopic (exact) mass is 438 g/mol. The van der Waals surface area contributed by atoms with Crippen LogP contribution < -0.4 is 0 Å². The lowest BCUT2D eigenvalue weighted by Crippen LogP contribution is -2.42. The SMILES string of the molecule is CCCCCCCCC(CC(C)c1c(F)c(F)c(F)c(F)c1F)C(CC)(OC)OC. The van der Waals surface area contributed by atoms with Crippen LogP contribution in [-0.4, -0.2) is 20.0 Å². The molecule has 2 unspecified atom stereocenters. The van der Waals surface area contributed by atoms with Crippen LogP contribution in [0.3, 0.4) is 0 Å². The molecular weight excluding hydrogens is 403 g/mol. The molecule has 0 spiro atoms. The fraction of sp³-hybridized carbons (Fsp3) is 0.739. The van der Waals surface area contributed by atoms with Crippen LogP contribution in [0.2, 0.25) is 0 Å². The van der Waals surface area contributed by atoms with Gasteiger partial charge in [-0.25, -0.2) is 22.0 Å². The number of unbranched alkanes of at least 4 members (excludes halogenated alkanes) is 5. The van der Waals surface area contributed by atoms with Gasteiger partial charge in [-0.1, -0.05) is 59.3 Å². The first-order valence-corrected chi connectivity index (χ1v) is 10.8. The van der Waals surface area contributed by atoms with Crippen molar-refractivity contribution in [2.24, 2.45) is 5.92 Å². The predicted octanol–water partition coefficient (Wildman–Crippen LogP) is 7.64. The minimum absolute atomic E-state index is 0.169. The summed E-state index contributed by atoms with van der Waals surface area (Å²) in [7, 11) is 3.01. The summed E-state index contributed by atoms with van der Waals surface area (Å²) in [6, 6.07) is 0. The summed E-state index contributed by atoms with van der Waals surface area (Å²) in [6.07, 6.45) is 7.76. The van der Waals surface area contributed by atoms with Crippen molar-refractivity contribution in [2.45, 2.75) is 90.3 Å². The fourth-order valence-corrected chi connectivity index (χ4v) is 4.28. The van der Waals surface area contributed by atoms with Gasteiger partial charge in [-0.2, -0.15) is 0 Å². The molecule has 30 heavy (non-hydrogen) atoms. The topological polar surface area (TPSA) is 18.5 Å². The Morgan fingerprint density at radius 1 is 0.733 bits per heavy atom. The number of rotatable bonds is 14. The van der Waals surface area contributed by atoms with Gasteiger partial charge < -0.3 is 9.47 Å². The maximum absolute atomic E-state index is 14.3. The molecule has 7 heteroatoms. The molecule has 0 aliphatic rings. The smallest absolute Gasteiger partial charge is 0.200 e. The van der Waals surface area contributed by atoms with Gasteiger partial charge in [0.05, 0.1) is 0 Å². The predicted molar refractivity (Wildman–Crippen MR) is 108 cm³/mol. The average molecular weight is 439 g/mol. The Labute approximate surface area is 177 Å². The van der Waals surface area contributed by atoms with Crippen LogP contribution in [0.15, 0.2) is 0 Å². The van der Waals surface area contributed by atoms with Crippen LogP contribution in [0.5, 0.6) is 0 Å². The molecule has 0 amide bonds. The molecule has 0 N–H and O–H groups in total. The zero-order valence-corrected chi connectivity index (χ0v) is 18.7. The molecular formula is C23H35F5O2. The molecule has 0 aromatic heterocycles. The van der Waals surface area contributed by atoms with Crippen molar-refractivity contribution >= 4 is 0 Å². The number of hydrogen-bond donors (Lipinski definition) is 0. The molecule has 0 radical (unpaired) electrons. The summed E-state index contributed by atoms with van der Waals surface area (Å²) in [5, 5.41) is 0. The summed E-state index contributed by atoms with van der Waals surface area (Å²) >= 11 is 0. The van der Waals surface area contributed by atoms with Crippen molar-refractivity contribution in [3.63, 3.8) is 0 Å². The van der Waals surface area contributed by atoms with E-state index >= 15 is 0 Å². The second-order valence-electron chi connectivity index (χ2n) is 7.95. The summed E-state index contributed by atoms with van der Waals surface area (Å²) < 4.78 is 80.6. The van der Waals surface area contributed by atoms with Gasteiger partial charge in [0, 0.05) is 25.7 Å². The van der Waals surface area contributed by atoms with E-state index in [4.69, 9.17) is 9.47 Å². The molecule has 0 fully saturated rings. The van der Waals surface area contributed by atoms with Gasteiger partial charge in [0.1, 0.15) is 0 Å². The molecule has 1 aromatic rings. The van der Waals surface area contributed by atoms with Gasteiger partial charge in [0.15, 0.2) is 29.1 Å². The Balaban J connectivity index is 3.09. The quantitative estimate of drug-likeness (QED) is 0.0977. The van der Waals surface area contributed by atoms with E-state index in [1.165, 1.54) is 27.6 Å². The Morgan fingerprint density at radius 2 is 1.20 bits per heavy atom. The minimum Gasteiger partial charge on any atom is -0.353 e. The number of halogens is 5. The van der Waals surface area contributed by atoms with Gasteiger partial charge in [-0.05, 0) is 25.2 Å². The molecule has 1 aromatic carbocycles. The second kappa shape index (κ2) is 12.6. The van der Waals surface area contributed by atoms with Crippen molar-refractivity contribution in [3.05, 3.63) is 34.6 Å². The van der Waals surface area contributed by atoms with Crippen LogP contribution in [0.1, 0.15) is 90.0 Å². The zero-order valence-electron chi connectivity index (χ0n) is 18.7. The first-order valence-electron chi connectivity index (χ1n) is 10.8. The van der Waals surface area contributed by atoms with Crippen LogP contribution in [0.25, 0.3) is 0 Å². The van der Waals surface area contributed by atoms with Crippen molar-refractivity contribution in [1.29, 1.82) is 0 Å². The highest BCUT2D eigenvalue weighted by molar-refractivity contribution is 5.27. The summed E-state index contributed by atoms with van der Waals surface area (Å²) in [5.41, 5.74) is -0.781. The molecule has 174 valence electrons. The normalized spacial score (nSPS) is 14.2. The lowest BCUT2D eigenvalue weighted by Gasteiger charge is -2.39. The highest BCUT2D eigenvalue weighted by Crippen LogP contribution is 2.40. The Kier molecular flexibility index (Phi) is 11.3. The average Bonchev–Trinajstić information content (AvgIpc) is 2.74. The summed E-state index contributed by atoms with van der Waals surface area (Å²) in [4.78, 5) is 0. The number of benzene rings is 1. The first kappa shape index (κ1) is 26.8. The molecule has 0 aliphatic carbocycles. The highest BCUT2D eigenvalue weighted by Gasteiger charge is 2.39. The molecule has 2 atom stereocenters. The fourth-order valence-electron chi connectivity index (χ4n) is 4.28. The van der Waals surface area contributed by atoms with E-state index in [2.05, 4.69) is 6.92 Å². The third-order valence-corrected chi connectivity index (χ3v) is 6.09. The lowest BCUT2D eigenvalue weighted by atomic mass is 9.80. The van der Waals surface area contributed by atoms with Gasteiger partial charge in [0.2, 0.25) is 5.82 Å². The van der Waals surface area contributed by atoms with Crippen LogP contribution in [0, 0.1) is 35.0 Å². The van der Waals surface area contributed by atoms with Crippen LogP contribution in [-0.2, 0) is 9.47 Å². The summed E-state index contributed by atoms with van der Waals surface area (Å²) in [5.74, 6) is -11.7. The van der Waals surface area contributed by atoms with E-state index in [0.717, 1.165) is 32.1 Å². The third-order valence-electron chi connectivity index (χ3n) is 6.09. The molecule has 1 rings (SSSR count). The van der Waals surface area contributed by atoms with Gasteiger partial charge >= 0.3 is 0 Å². The number of hydrogen-bond acceptors (Lipinski definition) is 2. The highest BCUT2D eigenvalue weighted by atomic mass is 19.2. The number of methoxy groups -OCH3 is 2. The number of ether oxygens (including phenoxy) is 2. The first-order chi connectivity index (χ1) is 14.2. The molecule has 0 bridgehead atoms. The third kappa shape index (κ3) is 6.16. The molecule has 2 nitrogen and oxygen atoms in total. The Bertz CT molecular complexity index is 624. The van der Waals surface area contributed by atoms with Crippen molar-refractivity contribution < 1.29 is 31.4 Å². The maximum Gasteiger partial charge on any atom is 0.200 e. The summed E-state index contributed by atoms with van der Waals surface area (Å²) in [6.45, 7) is 5.49. The van der Waals surface area contributed by atoms with E-state index in [1.807, 2.05) is 6.92 Å². The van der Waals surface area contributed by atoms with E-state index < -0.39 is 46.4 Å². The zero-order chi connectivity index (χ0) is 22.9. The van der Waals surface area contributed by atoms with Crippen molar-refractivity contribution in [1.82, 2.24) is 0 Å². The van der Waals surface area contributed by atoms with E-state index in [9.17, 15) is 22.0 Å². The largest absolute Gasteiger partial charge is 0.353 e. The second-order valence-corrected chi connectivity index (χ2v) is 7.95. The van der Waals surface area contributed by atoms with Gasteiger partial charge in [-0.15, -0.1) is 0 Å². The van der Waals surface area contributed by atoms with E-state index in [-0.39, 0.29) is 12.3 Å². The standard InChI is InChI=1S/C23H35F5O2/c1-6-8-9-10-11-12-13-16(23(7-2,29-4)30-5)14-15(3)17-18(24)20(26)22(28)21(27)19(17)25/h15-16H,6-14H2,1-5H3. The van der Waals surface area contributed by atoms with E-state index in [0.29, 0.717) is 12.8 Å². The van der Waals surface area contributed by atoms with Gasteiger partial charge in [0.25, 0.3) is 0 Å². The molecule has 0 aliphatic heterocycles. The molecule has 0 saturated heterocycles. The Hall–Kier alpha value is -1.21. The minimum atomic E-state index is -2.14. The van der Waals surface area contributed by atoms with Crippen molar-refractivity contribution in [2.75, 3.05) is 14.2 Å². The van der Waals surface area contributed by atoms with Gasteiger partial charge in [-0.3, -0.25) is 0 Å². The van der Waals surface area contributed by atoms with E-state index in [1.54, 1.807) is 0 Å². The Morgan fingerprint density at radius 3 is 1.67 bits per heavy atom. The lowest BCUT2D eigenvalue weighted by molar-refractivity contribution is -0.245. The van der Waals surface area contributed by atoms with Crippen molar-refractivity contribution in [3.8, 4) is 0 Å². The molecule has 0 saturated carbocycles. The maximum atomic E-state index is 14.3.